The van der Waals surface area contributed by atoms with Crippen LogP contribution in [0.4, 0.5) is 0 Å². The Kier molecular flexibility index (Phi) is 4.80. The number of nitrogens with one attached hydrogen (secondary N) is 2. The highest BCUT2D eigenvalue weighted by atomic mass is 16.3. The van der Waals surface area contributed by atoms with E-state index in [2.05, 4.69) is 28.6 Å². The maximum atomic E-state index is 13.1. The standard InChI is InChI=1S/C24H29N3O3/c1-14(2)12-18-20-23(25-21-17-11-10-16(28)13-19(17)30-22(18)21)27(26-24(20)29)15-8-6-4-3-5-7-9-15/h10-11,13-15,25H,3-9,12H2,1-2H3,(H,26,29). The van der Waals surface area contributed by atoms with Crippen LogP contribution in [-0.4, -0.2) is 14.8 Å². The molecule has 5 rings (SSSR count). The highest BCUT2D eigenvalue weighted by Crippen LogP contribution is 2.35. The molecule has 0 bridgehead atoms. The molecule has 0 saturated heterocycles. The molecule has 1 saturated carbocycles. The molecule has 4 aromatic rings. The number of hydrogen-bond acceptors (Lipinski definition) is 3. The summed E-state index contributed by atoms with van der Waals surface area (Å²) in [5.74, 6) is 0.367. The predicted octanol–water partition coefficient (Wildman–Crippen LogP) is 5.40. The summed E-state index contributed by atoms with van der Waals surface area (Å²) in [5, 5.41) is 4.72. The van der Waals surface area contributed by atoms with E-state index < -0.39 is 0 Å². The van der Waals surface area contributed by atoms with Crippen molar-refractivity contribution in [2.45, 2.75) is 71.3 Å². The largest absolute Gasteiger partial charge is 0.454 e. The average Bonchev–Trinajstić information content (AvgIpc) is 3.19. The van der Waals surface area contributed by atoms with Crippen molar-refractivity contribution < 1.29 is 4.42 Å². The first-order valence-corrected chi connectivity index (χ1v) is 11.2. The summed E-state index contributed by atoms with van der Waals surface area (Å²) in [6.07, 6.45) is 9.11. The number of furan rings is 1. The van der Waals surface area contributed by atoms with Gasteiger partial charge < -0.3 is 9.40 Å². The van der Waals surface area contributed by atoms with Gasteiger partial charge in [-0.2, -0.15) is 0 Å². The van der Waals surface area contributed by atoms with E-state index in [0.29, 0.717) is 28.5 Å². The lowest BCUT2D eigenvalue weighted by Gasteiger charge is -2.21. The fourth-order valence-electron chi connectivity index (χ4n) is 5.07. The molecule has 2 N–H and O–H groups in total. The summed E-state index contributed by atoms with van der Waals surface area (Å²) in [6.45, 7) is 4.29. The Morgan fingerprint density at radius 2 is 1.83 bits per heavy atom. The minimum absolute atomic E-state index is 0.0640. The van der Waals surface area contributed by atoms with Crippen molar-refractivity contribution in [3.05, 3.63) is 44.3 Å². The summed E-state index contributed by atoms with van der Waals surface area (Å²) in [4.78, 5) is 28.5. The van der Waals surface area contributed by atoms with Gasteiger partial charge in [0.25, 0.3) is 5.56 Å². The number of fused-ring (bicyclic) bond motifs is 4. The normalized spacial score (nSPS) is 16.6. The molecule has 0 unspecified atom stereocenters. The van der Waals surface area contributed by atoms with Crippen molar-refractivity contribution in [2.24, 2.45) is 5.92 Å². The SMILES string of the molecule is CC(C)Cc1c2oc3cc(=O)ccc3c2[nH]c2c1c(=O)[nH]n2C1CCCCCCC1. The lowest BCUT2D eigenvalue weighted by molar-refractivity contribution is 0.353. The molecule has 0 spiro atoms. The van der Waals surface area contributed by atoms with Crippen LogP contribution >= 0.6 is 0 Å². The van der Waals surface area contributed by atoms with Crippen LogP contribution < -0.4 is 11.0 Å². The van der Waals surface area contributed by atoms with Crippen molar-refractivity contribution >= 4 is 33.1 Å². The van der Waals surface area contributed by atoms with E-state index in [1.165, 1.54) is 38.2 Å². The second kappa shape index (κ2) is 7.49. The third-order valence-corrected chi connectivity index (χ3v) is 6.46. The van der Waals surface area contributed by atoms with Crippen molar-refractivity contribution in [2.75, 3.05) is 0 Å². The summed E-state index contributed by atoms with van der Waals surface area (Å²) in [6, 6.07) is 5.20. The maximum Gasteiger partial charge on any atom is 0.274 e. The van der Waals surface area contributed by atoms with E-state index in [-0.39, 0.29) is 11.0 Å². The summed E-state index contributed by atoms with van der Waals surface area (Å²) in [7, 11) is 0. The first-order chi connectivity index (χ1) is 14.5. The smallest absolute Gasteiger partial charge is 0.274 e. The van der Waals surface area contributed by atoms with Crippen molar-refractivity contribution in [1.29, 1.82) is 0 Å². The summed E-state index contributed by atoms with van der Waals surface area (Å²) in [5.41, 5.74) is 3.77. The van der Waals surface area contributed by atoms with Crippen molar-refractivity contribution in [3.63, 3.8) is 0 Å². The van der Waals surface area contributed by atoms with E-state index in [1.807, 2.05) is 6.07 Å². The number of nitrogens with zero attached hydrogens (tertiary/aromatic N) is 1. The van der Waals surface area contributed by atoms with E-state index in [1.54, 1.807) is 6.07 Å². The second-order valence-corrected chi connectivity index (χ2v) is 9.20. The van der Waals surface area contributed by atoms with Crippen molar-refractivity contribution in [1.82, 2.24) is 14.8 Å². The molecule has 6 heteroatoms. The molecular weight excluding hydrogens is 378 g/mol. The van der Waals surface area contributed by atoms with Gasteiger partial charge in [-0.25, -0.2) is 0 Å². The van der Waals surface area contributed by atoms with Crippen LogP contribution in [0, 0.1) is 5.92 Å². The van der Waals surface area contributed by atoms with Crippen LogP contribution in [0.3, 0.4) is 0 Å². The van der Waals surface area contributed by atoms with E-state index in [0.717, 1.165) is 41.4 Å². The fraction of sp³-hybridized carbons (Fsp3) is 0.500. The van der Waals surface area contributed by atoms with Gasteiger partial charge >= 0.3 is 0 Å². The highest BCUT2D eigenvalue weighted by Gasteiger charge is 2.24. The minimum Gasteiger partial charge on any atom is -0.454 e. The maximum absolute atomic E-state index is 13.1. The lowest BCUT2D eigenvalue weighted by atomic mass is 9.96. The van der Waals surface area contributed by atoms with Gasteiger partial charge in [-0.15, -0.1) is 0 Å². The number of aromatic amines is 2. The number of benzene rings is 1. The molecule has 0 aliphatic heterocycles. The molecule has 0 radical (unpaired) electrons. The Bertz CT molecular complexity index is 1330. The number of rotatable bonds is 3. The van der Waals surface area contributed by atoms with E-state index in [4.69, 9.17) is 4.42 Å². The molecule has 1 aliphatic rings. The van der Waals surface area contributed by atoms with Crippen LogP contribution in [-0.2, 0) is 6.42 Å². The number of H-pyrrole nitrogens is 2. The van der Waals surface area contributed by atoms with Gasteiger partial charge in [-0.3, -0.25) is 19.4 Å². The van der Waals surface area contributed by atoms with Crippen LogP contribution in [0.1, 0.15) is 70.4 Å². The molecule has 0 amide bonds. The predicted molar refractivity (Wildman–Crippen MR) is 120 cm³/mol. The third-order valence-electron chi connectivity index (χ3n) is 6.46. The molecular formula is C24H29N3O3. The third kappa shape index (κ3) is 3.18. The summed E-state index contributed by atoms with van der Waals surface area (Å²) < 4.78 is 8.20. The first kappa shape index (κ1) is 19.2. The molecule has 1 fully saturated rings. The summed E-state index contributed by atoms with van der Waals surface area (Å²) >= 11 is 0. The van der Waals surface area contributed by atoms with Crippen molar-refractivity contribution in [3.8, 4) is 0 Å². The van der Waals surface area contributed by atoms with Gasteiger partial charge in [0, 0.05) is 17.0 Å². The Morgan fingerprint density at radius 1 is 1.10 bits per heavy atom. The second-order valence-electron chi connectivity index (χ2n) is 9.20. The Hall–Kier alpha value is -2.76. The molecule has 3 heterocycles. The fourth-order valence-corrected chi connectivity index (χ4v) is 5.07. The lowest BCUT2D eigenvalue weighted by Crippen LogP contribution is -2.15. The van der Waals surface area contributed by atoms with Gasteiger partial charge in [0.15, 0.2) is 11.0 Å². The minimum atomic E-state index is -0.0756. The topological polar surface area (TPSA) is 83.8 Å². The van der Waals surface area contributed by atoms with Crippen LogP contribution in [0.15, 0.2) is 32.2 Å². The molecule has 6 nitrogen and oxygen atoms in total. The average molecular weight is 408 g/mol. The highest BCUT2D eigenvalue weighted by molar-refractivity contribution is 6.07. The number of hydrogen-bond donors (Lipinski definition) is 2. The van der Waals surface area contributed by atoms with Gasteiger partial charge in [-0.1, -0.05) is 46.0 Å². The van der Waals surface area contributed by atoms with Crippen LogP contribution in [0.25, 0.3) is 33.1 Å². The molecule has 0 atom stereocenters. The van der Waals surface area contributed by atoms with E-state index >= 15 is 0 Å². The zero-order valence-electron chi connectivity index (χ0n) is 17.7. The Balaban J connectivity index is 1.81. The van der Waals surface area contributed by atoms with E-state index in [9.17, 15) is 9.59 Å². The van der Waals surface area contributed by atoms with Gasteiger partial charge in [0.05, 0.1) is 16.9 Å². The first-order valence-electron chi connectivity index (χ1n) is 11.2. The monoisotopic (exact) mass is 407 g/mol. The zero-order valence-corrected chi connectivity index (χ0v) is 17.7. The molecule has 158 valence electrons. The van der Waals surface area contributed by atoms with Crippen LogP contribution in [0.5, 0.6) is 0 Å². The van der Waals surface area contributed by atoms with Gasteiger partial charge in [0.2, 0.25) is 0 Å². The number of aromatic nitrogens is 3. The zero-order chi connectivity index (χ0) is 20.8. The van der Waals surface area contributed by atoms with Crippen LogP contribution in [0.2, 0.25) is 0 Å². The Morgan fingerprint density at radius 3 is 2.57 bits per heavy atom. The Labute approximate surface area is 174 Å². The van der Waals surface area contributed by atoms with Gasteiger partial charge in [0.1, 0.15) is 11.2 Å². The number of pyridine rings is 1. The van der Waals surface area contributed by atoms with Gasteiger partial charge in [-0.05, 0) is 37.3 Å². The molecule has 30 heavy (non-hydrogen) atoms. The molecule has 1 aliphatic carbocycles. The quantitative estimate of drug-likeness (QED) is 0.477. The molecule has 3 aromatic heterocycles. The molecule has 1 aromatic carbocycles.